The normalized spacial score (nSPS) is 23.7. The monoisotopic (exact) mass is 431 g/mol. The molecule has 0 aromatic heterocycles. The van der Waals surface area contributed by atoms with Crippen molar-refractivity contribution < 1.29 is 23.5 Å². The van der Waals surface area contributed by atoms with Crippen molar-refractivity contribution in [1.29, 1.82) is 0 Å². The van der Waals surface area contributed by atoms with Crippen LogP contribution in [0.1, 0.15) is 32.1 Å². The van der Waals surface area contributed by atoms with E-state index >= 15 is 0 Å². The second-order valence-electron chi connectivity index (χ2n) is 8.21. The van der Waals surface area contributed by atoms with Gasteiger partial charge in [0.1, 0.15) is 23.1 Å². The number of Topliss-reactive ketones (excluding diaryl/α,β-unsaturated/α-hetero) is 1. The number of nitrogens with one attached hydrogen (secondary N) is 1. The molecule has 7 heteroatoms. The summed E-state index contributed by atoms with van der Waals surface area (Å²) in [5, 5.41) is 3.62. The molecular weight excluding hydrogens is 409 g/mol. The molecule has 0 heterocycles. The Hall–Kier alpha value is -2.60. The molecule has 1 N–H and O–H groups in total. The lowest BCUT2D eigenvalue weighted by molar-refractivity contribution is -0.182. The summed E-state index contributed by atoms with van der Waals surface area (Å²) in [6.45, 7) is 0.303. The van der Waals surface area contributed by atoms with Crippen molar-refractivity contribution in [3.63, 3.8) is 0 Å². The van der Waals surface area contributed by atoms with E-state index in [2.05, 4.69) is 5.32 Å². The van der Waals surface area contributed by atoms with Crippen LogP contribution in [0.2, 0.25) is 5.02 Å². The van der Waals surface area contributed by atoms with Gasteiger partial charge in [-0.1, -0.05) is 17.7 Å². The number of carbonyl (C=O) groups excluding carboxylic acids is 2. The van der Waals surface area contributed by atoms with Gasteiger partial charge in [-0.3, -0.25) is 9.59 Å². The van der Waals surface area contributed by atoms with Crippen molar-refractivity contribution in [2.45, 2.75) is 37.6 Å². The molecule has 2 aromatic carbocycles. The summed E-state index contributed by atoms with van der Waals surface area (Å²) in [6, 6.07) is 12.8. The molecule has 3 fully saturated rings. The zero-order valence-electron chi connectivity index (χ0n) is 16.5. The van der Waals surface area contributed by atoms with Crippen molar-refractivity contribution in [2.75, 3.05) is 13.2 Å². The minimum atomic E-state index is -0.344. The average Bonchev–Trinajstić information content (AvgIpc) is 2.66. The van der Waals surface area contributed by atoms with Gasteiger partial charge in [0.25, 0.3) is 5.91 Å². The molecule has 2 bridgehead atoms. The third-order valence-electron chi connectivity index (χ3n) is 5.82. The van der Waals surface area contributed by atoms with Gasteiger partial charge in [-0.15, -0.1) is 0 Å². The molecule has 3 saturated carbocycles. The molecule has 5 nitrogen and oxygen atoms in total. The number of ketones is 1. The molecule has 3 aliphatic rings. The second kappa shape index (κ2) is 8.26. The van der Waals surface area contributed by atoms with Gasteiger partial charge in [0.05, 0.1) is 6.61 Å². The van der Waals surface area contributed by atoms with Crippen LogP contribution in [0.5, 0.6) is 11.5 Å². The molecule has 158 valence electrons. The lowest BCUT2D eigenvalue weighted by atomic mass is 9.37. The predicted molar refractivity (Wildman–Crippen MR) is 110 cm³/mol. The Morgan fingerprint density at radius 3 is 2.47 bits per heavy atom. The fraction of sp³-hybridized carbons (Fsp3) is 0.391. The minimum Gasteiger partial charge on any atom is -0.493 e. The van der Waals surface area contributed by atoms with Crippen LogP contribution in [-0.2, 0) is 9.59 Å². The molecule has 0 aliphatic heterocycles. The number of halogens is 2. The highest BCUT2D eigenvalue weighted by atomic mass is 35.5. The fourth-order valence-electron chi connectivity index (χ4n) is 4.47. The lowest BCUT2D eigenvalue weighted by Gasteiger charge is -2.69. The van der Waals surface area contributed by atoms with Gasteiger partial charge in [-0.2, -0.15) is 0 Å². The van der Waals surface area contributed by atoms with Crippen LogP contribution in [0.3, 0.4) is 0 Å². The topological polar surface area (TPSA) is 64.6 Å². The van der Waals surface area contributed by atoms with Gasteiger partial charge < -0.3 is 14.8 Å². The van der Waals surface area contributed by atoms with E-state index in [4.69, 9.17) is 21.1 Å². The Morgan fingerprint density at radius 2 is 1.77 bits per heavy atom. The molecule has 30 heavy (non-hydrogen) atoms. The summed E-state index contributed by atoms with van der Waals surface area (Å²) in [6.07, 6.45) is 3.09. The molecule has 0 unspecified atom stereocenters. The van der Waals surface area contributed by atoms with Crippen LogP contribution in [0.25, 0.3) is 0 Å². The summed E-state index contributed by atoms with van der Waals surface area (Å²) in [5.74, 6) is 0.742. The first-order chi connectivity index (χ1) is 14.4. The summed E-state index contributed by atoms with van der Waals surface area (Å²) in [4.78, 5) is 24.7. The number of rotatable bonds is 10. The maximum atomic E-state index is 13.1. The number of benzene rings is 2. The summed E-state index contributed by atoms with van der Waals surface area (Å²) < 4.78 is 24.1. The molecule has 0 saturated heterocycles. The standard InChI is InChI=1S/C23H23ClFNO4/c24-16-6-8-18(9-7-16)30-12-21(28)26-23-13-22(14-23,15-23)20(27)5-2-10-29-19-4-1-3-17(25)11-19/h1,3-4,6-9,11H,2,5,10,12-15H2,(H,26,28). The molecule has 5 rings (SSSR count). The molecule has 0 atom stereocenters. The first-order valence-electron chi connectivity index (χ1n) is 9.99. The van der Waals surface area contributed by atoms with E-state index in [-0.39, 0.29) is 35.1 Å². The summed E-state index contributed by atoms with van der Waals surface area (Å²) in [7, 11) is 0. The van der Waals surface area contributed by atoms with Crippen LogP contribution < -0.4 is 14.8 Å². The van der Waals surface area contributed by atoms with E-state index in [9.17, 15) is 14.0 Å². The Bertz CT molecular complexity index is 927. The molecule has 0 radical (unpaired) electrons. The largest absolute Gasteiger partial charge is 0.493 e. The van der Waals surface area contributed by atoms with E-state index in [1.807, 2.05) is 0 Å². The fourth-order valence-corrected chi connectivity index (χ4v) is 4.60. The maximum absolute atomic E-state index is 13.1. The molecule has 0 spiro atoms. The zero-order valence-corrected chi connectivity index (χ0v) is 17.2. The molecule has 1 amide bonds. The van der Waals surface area contributed by atoms with Crippen molar-refractivity contribution in [3.8, 4) is 11.5 Å². The maximum Gasteiger partial charge on any atom is 0.258 e. The first-order valence-corrected chi connectivity index (χ1v) is 10.4. The van der Waals surface area contributed by atoms with Gasteiger partial charge in [-0.05, 0) is 62.1 Å². The van der Waals surface area contributed by atoms with E-state index in [0.717, 1.165) is 0 Å². The van der Waals surface area contributed by atoms with Gasteiger partial charge in [0.15, 0.2) is 6.61 Å². The number of carbonyl (C=O) groups is 2. The number of hydrogen-bond donors (Lipinski definition) is 1. The highest BCUT2D eigenvalue weighted by molar-refractivity contribution is 6.30. The van der Waals surface area contributed by atoms with E-state index in [0.29, 0.717) is 55.2 Å². The Labute approximate surface area is 179 Å². The van der Waals surface area contributed by atoms with Crippen LogP contribution in [-0.4, -0.2) is 30.4 Å². The van der Waals surface area contributed by atoms with Crippen molar-refractivity contribution in [2.24, 2.45) is 5.41 Å². The lowest BCUT2D eigenvalue weighted by Crippen LogP contribution is -2.77. The van der Waals surface area contributed by atoms with Crippen LogP contribution in [0.15, 0.2) is 48.5 Å². The second-order valence-corrected chi connectivity index (χ2v) is 8.65. The minimum absolute atomic E-state index is 0.0677. The zero-order chi connectivity index (χ0) is 21.2. The SMILES string of the molecule is O=C(COc1ccc(Cl)cc1)NC12CC(C(=O)CCCOc3cccc(F)c3)(C1)C2. The van der Waals surface area contributed by atoms with Crippen molar-refractivity contribution in [1.82, 2.24) is 5.32 Å². The van der Waals surface area contributed by atoms with E-state index in [1.165, 1.54) is 12.1 Å². The number of hydrogen-bond acceptors (Lipinski definition) is 4. The molecule has 3 aliphatic carbocycles. The Balaban J connectivity index is 1.14. The van der Waals surface area contributed by atoms with Crippen molar-refractivity contribution in [3.05, 3.63) is 59.4 Å². The van der Waals surface area contributed by atoms with Gasteiger partial charge >= 0.3 is 0 Å². The van der Waals surface area contributed by atoms with Gasteiger partial charge in [0.2, 0.25) is 0 Å². The third-order valence-corrected chi connectivity index (χ3v) is 6.07. The van der Waals surface area contributed by atoms with Crippen LogP contribution in [0, 0.1) is 11.2 Å². The number of ether oxygens (including phenoxy) is 2. The highest BCUT2D eigenvalue weighted by Crippen LogP contribution is 2.68. The van der Waals surface area contributed by atoms with Crippen molar-refractivity contribution >= 4 is 23.3 Å². The third kappa shape index (κ3) is 4.43. The smallest absolute Gasteiger partial charge is 0.258 e. The van der Waals surface area contributed by atoms with Gasteiger partial charge in [0, 0.05) is 28.5 Å². The van der Waals surface area contributed by atoms with Crippen LogP contribution >= 0.6 is 11.6 Å². The number of amides is 1. The molecule has 2 aromatic rings. The predicted octanol–water partition coefficient (Wildman–Crippen LogP) is 4.33. The summed E-state index contributed by atoms with van der Waals surface area (Å²) >= 11 is 5.82. The van der Waals surface area contributed by atoms with E-state index in [1.54, 1.807) is 36.4 Å². The first kappa shape index (κ1) is 20.7. The van der Waals surface area contributed by atoms with Gasteiger partial charge in [-0.25, -0.2) is 4.39 Å². The Kier molecular flexibility index (Phi) is 5.69. The Morgan fingerprint density at radius 1 is 1.03 bits per heavy atom. The average molecular weight is 432 g/mol. The van der Waals surface area contributed by atoms with Crippen LogP contribution in [0.4, 0.5) is 4.39 Å². The summed E-state index contributed by atoms with van der Waals surface area (Å²) in [5.41, 5.74) is -0.544. The van der Waals surface area contributed by atoms with E-state index < -0.39 is 0 Å². The molecular formula is C23H23ClFNO4. The quantitative estimate of drug-likeness (QED) is 0.569. The highest BCUT2D eigenvalue weighted by Gasteiger charge is 2.71.